The van der Waals surface area contributed by atoms with Gasteiger partial charge in [-0.3, -0.25) is 4.79 Å². The highest BCUT2D eigenvalue weighted by molar-refractivity contribution is 6.36. The third-order valence-corrected chi connectivity index (χ3v) is 3.74. The van der Waals surface area contributed by atoms with E-state index in [0.29, 0.717) is 27.4 Å². The summed E-state index contributed by atoms with van der Waals surface area (Å²) in [5, 5.41) is 3.16. The van der Waals surface area contributed by atoms with Gasteiger partial charge in [-0.1, -0.05) is 23.7 Å². The molecule has 0 unspecified atom stereocenters. The molecule has 7 heteroatoms. The number of fused-ring (bicyclic) bond motifs is 1. The SMILES string of the molecule is COc1cccc(/C=C2\C(=O)Nc3ccc(Cl)cc32)c1OC(F)F. The number of benzene rings is 2. The minimum Gasteiger partial charge on any atom is -0.493 e. The fourth-order valence-electron chi connectivity index (χ4n) is 2.48. The number of halogens is 3. The van der Waals surface area contributed by atoms with Gasteiger partial charge in [-0.25, -0.2) is 0 Å². The predicted octanol–water partition coefficient (Wildman–Crippen LogP) is 4.44. The normalized spacial score (nSPS) is 14.7. The van der Waals surface area contributed by atoms with Crippen LogP contribution in [0.4, 0.5) is 14.5 Å². The van der Waals surface area contributed by atoms with Gasteiger partial charge >= 0.3 is 6.61 Å². The second kappa shape index (κ2) is 6.49. The lowest BCUT2D eigenvalue weighted by atomic mass is 10.0. The van der Waals surface area contributed by atoms with Gasteiger partial charge in [0, 0.05) is 27.4 Å². The van der Waals surface area contributed by atoms with Crippen molar-refractivity contribution in [2.75, 3.05) is 12.4 Å². The van der Waals surface area contributed by atoms with Crippen LogP contribution >= 0.6 is 11.6 Å². The van der Waals surface area contributed by atoms with Gasteiger partial charge in [-0.2, -0.15) is 8.78 Å². The van der Waals surface area contributed by atoms with Crippen molar-refractivity contribution >= 4 is 34.8 Å². The van der Waals surface area contributed by atoms with Crippen molar-refractivity contribution in [3.05, 3.63) is 52.5 Å². The summed E-state index contributed by atoms with van der Waals surface area (Å²) in [6, 6.07) is 9.64. The summed E-state index contributed by atoms with van der Waals surface area (Å²) in [5.74, 6) is -0.335. The Kier molecular flexibility index (Phi) is 4.40. The number of alkyl halides is 2. The zero-order valence-corrected chi connectivity index (χ0v) is 13.2. The van der Waals surface area contributed by atoms with E-state index in [2.05, 4.69) is 10.1 Å². The average Bonchev–Trinajstić information content (AvgIpc) is 2.84. The molecule has 0 aromatic heterocycles. The molecule has 0 radical (unpaired) electrons. The van der Waals surface area contributed by atoms with Gasteiger partial charge in [-0.15, -0.1) is 0 Å². The van der Waals surface area contributed by atoms with Gasteiger partial charge in [-0.05, 0) is 30.3 Å². The highest BCUT2D eigenvalue weighted by Crippen LogP contribution is 2.39. The third kappa shape index (κ3) is 3.05. The van der Waals surface area contributed by atoms with E-state index >= 15 is 0 Å². The molecule has 124 valence electrons. The summed E-state index contributed by atoms with van der Waals surface area (Å²) in [6.07, 6.45) is 1.47. The predicted molar refractivity (Wildman–Crippen MR) is 87.6 cm³/mol. The van der Waals surface area contributed by atoms with Crippen molar-refractivity contribution in [1.82, 2.24) is 0 Å². The van der Waals surface area contributed by atoms with E-state index in [1.807, 2.05) is 0 Å². The molecule has 1 aliphatic rings. The van der Waals surface area contributed by atoms with E-state index in [1.54, 1.807) is 30.3 Å². The summed E-state index contributed by atoms with van der Waals surface area (Å²) >= 11 is 5.98. The lowest BCUT2D eigenvalue weighted by Gasteiger charge is -2.12. The number of anilines is 1. The molecule has 2 aromatic carbocycles. The van der Waals surface area contributed by atoms with Crippen LogP contribution in [0.3, 0.4) is 0 Å². The Labute approximate surface area is 141 Å². The van der Waals surface area contributed by atoms with Crippen LogP contribution in [-0.4, -0.2) is 19.6 Å². The van der Waals surface area contributed by atoms with Crippen molar-refractivity contribution in [2.45, 2.75) is 6.61 Å². The molecule has 0 saturated heterocycles. The Bertz CT molecular complexity index is 837. The first kappa shape index (κ1) is 16.3. The second-order valence-corrected chi connectivity index (χ2v) is 5.40. The molecule has 1 N–H and O–H groups in total. The maximum atomic E-state index is 12.7. The van der Waals surface area contributed by atoms with Crippen molar-refractivity contribution in [1.29, 1.82) is 0 Å². The van der Waals surface area contributed by atoms with Gasteiger partial charge < -0.3 is 14.8 Å². The molecule has 1 amide bonds. The van der Waals surface area contributed by atoms with Gasteiger partial charge in [0.1, 0.15) is 0 Å². The smallest absolute Gasteiger partial charge is 0.387 e. The lowest BCUT2D eigenvalue weighted by Crippen LogP contribution is -2.06. The maximum absolute atomic E-state index is 12.7. The molecule has 0 bridgehead atoms. The fraction of sp³-hybridized carbons (Fsp3) is 0.118. The Morgan fingerprint density at radius 1 is 1.25 bits per heavy atom. The summed E-state index contributed by atoms with van der Waals surface area (Å²) < 4.78 is 35.0. The van der Waals surface area contributed by atoms with E-state index in [1.165, 1.54) is 19.3 Å². The van der Waals surface area contributed by atoms with Crippen LogP contribution in [0.1, 0.15) is 11.1 Å². The van der Waals surface area contributed by atoms with E-state index in [9.17, 15) is 13.6 Å². The number of nitrogens with one attached hydrogen (secondary N) is 1. The van der Waals surface area contributed by atoms with E-state index in [4.69, 9.17) is 16.3 Å². The first-order valence-electron chi connectivity index (χ1n) is 6.94. The number of hydrogen-bond acceptors (Lipinski definition) is 3. The largest absolute Gasteiger partial charge is 0.493 e. The van der Waals surface area contributed by atoms with E-state index in [-0.39, 0.29) is 17.4 Å². The standard InChI is InChI=1S/C17H12ClF2NO3/c1-23-14-4-2-3-9(15(14)24-17(19)20)7-12-11-8-10(18)5-6-13(11)21-16(12)22/h2-8,17H,1H3,(H,21,22)/b12-7-. The van der Waals surface area contributed by atoms with E-state index < -0.39 is 6.61 Å². The van der Waals surface area contributed by atoms with Crippen molar-refractivity contribution in [2.24, 2.45) is 0 Å². The highest BCUT2D eigenvalue weighted by atomic mass is 35.5. The molecule has 0 spiro atoms. The van der Waals surface area contributed by atoms with Crippen LogP contribution in [0, 0.1) is 0 Å². The molecule has 1 aliphatic heterocycles. The summed E-state index contributed by atoms with van der Waals surface area (Å²) in [4.78, 5) is 12.2. The van der Waals surface area contributed by atoms with E-state index in [0.717, 1.165) is 0 Å². The molecule has 0 atom stereocenters. The fourth-order valence-corrected chi connectivity index (χ4v) is 2.65. The summed E-state index contributed by atoms with van der Waals surface area (Å²) in [7, 11) is 1.35. The molecule has 3 rings (SSSR count). The molecule has 0 saturated carbocycles. The van der Waals surface area contributed by atoms with Crippen LogP contribution in [0.5, 0.6) is 11.5 Å². The third-order valence-electron chi connectivity index (χ3n) is 3.50. The zero-order chi connectivity index (χ0) is 17.3. The monoisotopic (exact) mass is 351 g/mol. The zero-order valence-electron chi connectivity index (χ0n) is 12.5. The van der Waals surface area contributed by atoms with Crippen molar-refractivity contribution in [3.8, 4) is 11.5 Å². The quantitative estimate of drug-likeness (QED) is 0.828. The van der Waals surface area contributed by atoms with Crippen LogP contribution in [0.2, 0.25) is 5.02 Å². The van der Waals surface area contributed by atoms with Gasteiger partial charge in [0.05, 0.1) is 7.11 Å². The Hall–Kier alpha value is -2.60. The van der Waals surface area contributed by atoms with Crippen LogP contribution in [-0.2, 0) is 4.79 Å². The molecule has 2 aromatic rings. The molecule has 0 aliphatic carbocycles. The minimum atomic E-state index is -3.02. The van der Waals surface area contributed by atoms with Crippen LogP contribution in [0.25, 0.3) is 11.6 Å². The number of amides is 1. The first-order chi connectivity index (χ1) is 11.5. The van der Waals surface area contributed by atoms with Crippen LogP contribution in [0.15, 0.2) is 36.4 Å². The highest BCUT2D eigenvalue weighted by Gasteiger charge is 2.25. The number of carbonyl (C=O) groups is 1. The first-order valence-corrected chi connectivity index (χ1v) is 7.32. The Balaban J connectivity index is 2.13. The number of ether oxygens (including phenoxy) is 2. The van der Waals surface area contributed by atoms with Crippen molar-refractivity contribution < 1.29 is 23.0 Å². The molecular weight excluding hydrogens is 340 g/mol. The summed E-state index contributed by atoms with van der Waals surface area (Å²) in [6.45, 7) is -3.02. The number of hydrogen-bond donors (Lipinski definition) is 1. The van der Waals surface area contributed by atoms with Crippen molar-refractivity contribution in [3.63, 3.8) is 0 Å². The van der Waals surface area contributed by atoms with Gasteiger partial charge in [0.2, 0.25) is 0 Å². The average molecular weight is 352 g/mol. The lowest BCUT2D eigenvalue weighted by molar-refractivity contribution is -0.110. The second-order valence-electron chi connectivity index (χ2n) is 4.96. The summed E-state index contributed by atoms with van der Waals surface area (Å²) in [5.41, 5.74) is 1.81. The molecule has 0 fully saturated rings. The number of carbonyl (C=O) groups excluding carboxylic acids is 1. The molecule has 4 nitrogen and oxygen atoms in total. The Morgan fingerprint density at radius 2 is 2.04 bits per heavy atom. The van der Waals surface area contributed by atoms with Crippen LogP contribution < -0.4 is 14.8 Å². The number of para-hydroxylation sites is 1. The minimum absolute atomic E-state index is 0.134. The topological polar surface area (TPSA) is 47.6 Å². The number of methoxy groups -OCH3 is 1. The number of rotatable bonds is 4. The van der Waals surface area contributed by atoms with Gasteiger partial charge in [0.15, 0.2) is 11.5 Å². The molecular formula is C17H12ClF2NO3. The van der Waals surface area contributed by atoms with Gasteiger partial charge in [0.25, 0.3) is 5.91 Å². The Morgan fingerprint density at radius 3 is 2.75 bits per heavy atom. The molecule has 1 heterocycles. The maximum Gasteiger partial charge on any atom is 0.387 e. The molecule has 24 heavy (non-hydrogen) atoms.